The number of amides is 1. The molecule has 0 unspecified atom stereocenters. The highest BCUT2D eigenvalue weighted by atomic mass is 16.5. The molecule has 1 atom stereocenters. The number of rotatable bonds is 6. The summed E-state index contributed by atoms with van der Waals surface area (Å²) in [5.74, 6) is 1.04. The van der Waals surface area contributed by atoms with Gasteiger partial charge in [0.1, 0.15) is 23.7 Å². The van der Waals surface area contributed by atoms with E-state index in [-0.39, 0.29) is 23.6 Å². The number of carbonyl (C=O) groups is 1. The number of aryl methyl sites for hydroxylation is 1. The molecule has 0 saturated heterocycles. The molecule has 6 nitrogen and oxygen atoms in total. The van der Waals surface area contributed by atoms with E-state index in [0.717, 1.165) is 11.1 Å². The van der Waals surface area contributed by atoms with Crippen molar-refractivity contribution in [1.82, 2.24) is 4.90 Å². The molecule has 0 saturated carbocycles. The Morgan fingerprint density at radius 1 is 1.12 bits per heavy atom. The van der Waals surface area contributed by atoms with Crippen LogP contribution in [0.2, 0.25) is 0 Å². The zero-order valence-electron chi connectivity index (χ0n) is 17.5. The summed E-state index contributed by atoms with van der Waals surface area (Å²) in [5.41, 5.74) is 2.28. The van der Waals surface area contributed by atoms with E-state index in [1.54, 1.807) is 41.5 Å². The number of nitrogens with zero attached hydrogens (tertiary/aromatic N) is 1. The van der Waals surface area contributed by atoms with Crippen molar-refractivity contribution in [2.75, 3.05) is 6.61 Å². The van der Waals surface area contributed by atoms with Crippen LogP contribution >= 0.6 is 0 Å². The van der Waals surface area contributed by atoms with Gasteiger partial charge in [0.15, 0.2) is 5.43 Å². The number of hydrogen-bond acceptors (Lipinski definition) is 5. The molecule has 5 rings (SSSR count). The minimum Gasteiger partial charge on any atom is -0.490 e. The van der Waals surface area contributed by atoms with Crippen molar-refractivity contribution >= 4 is 16.9 Å². The second-order valence-electron chi connectivity index (χ2n) is 7.76. The van der Waals surface area contributed by atoms with Gasteiger partial charge in [-0.25, -0.2) is 0 Å². The van der Waals surface area contributed by atoms with E-state index in [1.165, 1.54) is 0 Å². The van der Waals surface area contributed by atoms with Gasteiger partial charge in [-0.2, -0.15) is 0 Å². The van der Waals surface area contributed by atoms with Crippen LogP contribution in [0.4, 0.5) is 0 Å². The molecule has 4 aromatic rings. The first-order valence-corrected chi connectivity index (χ1v) is 10.3. The molecular weight excluding hydrogens is 406 g/mol. The summed E-state index contributed by atoms with van der Waals surface area (Å²) in [7, 11) is 0. The quantitative estimate of drug-likeness (QED) is 0.405. The van der Waals surface area contributed by atoms with E-state index in [9.17, 15) is 9.59 Å². The smallest absolute Gasteiger partial charge is 0.291 e. The first kappa shape index (κ1) is 19.9. The molecule has 0 radical (unpaired) electrons. The molecule has 0 fully saturated rings. The maximum Gasteiger partial charge on any atom is 0.291 e. The zero-order chi connectivity index (χ0) is 22.2. The Kier molecular flexibility index (Phi) is 4.90. The molecule has 0 aliphatic carbocycles. The molecule has 2 aromatic heterocycles. The average molecular weight is 427 g/mol. The number of benzene rings is 2. The van der Waals surface area contributed by atoms with Crippen LogP contribution in [0.5, 0.6) is 5.75 Å². The van der Waals surface area contributed by atoms with Crippen LogP contribution < -0.4 is 10.2 Å². The second-order valence-corrected chi connectivity index (χ2v) is 7.76. The van der Waals surface area contributed by atoms with Crippen molar-refractivity contribution in [3.63, 3.8) is 0 Å². The van der Waals surface area contributed by atoms with E-state index in [2.05, 4.69) is 6.58 Å². The van der Waals surface area contributed by atoms with Gasteiger partial charge in [-0.15, -0.1) is 0 Å². The summed E-state index contributed by atoms with van der Waals surface area (Å²) in [5, 5.41) is 0.465. The van der Waals surface area contributed by atoms with Crippen LogP contribution in [0.25, 0.3) is 11.0 Å². The largest absolute Gasteiger partial charge is 0.490 e. The third kappa shape index (κ3) is 3.30. The van der Waals surface area contributed by atoms with Crippen LogP contribution in [0, 0.1) is 6.92 Å². The van der Waals surface area contributed by atoms with Gasteiger partial charge in [0.25, 0.3) is 5.91 Å². The minimum absolute atomic E-state index is 0.0786. The number of furan rings is 1. The Labute approximate surface area is 184 Å². The molecule has 0 bridgehead atoms. The fourth-order valence-corrected chi connectivity index (χ4v) is 4.12. The summed E-state index contributed by atoms with van der Waals surface area (Å²) in [6, 6.07) is 15.7. The Bertz CT molecular complexity index is 1370. The van der Waals surface area contributed by atoms with Gasteiger partial charge < -0.3 is 18.5 Å². The Hall–Kier alpha value is -4.06. The Morgan fingerprint density at radius 2 is 1.94 bits per heavy atom. The highest BCUT2D eigenvalue weighted by Gasteiger charge is 2.43. The van der Waals surface area contributed by atoms with Gasteiger partial charge in [-0.1, -0.05) is 36.4 Å². The lowest BCUT2D eigenvalue weighted by atomic mass is 9.98. The van der Waals surface area contributed by atoms with Crippen molar-refractivity contribution in [2.24, 2.45) is 0 Å². The minimum atomic E-state index is -0.600. The van der Waals surface area contributed by atoms with Crippen LogP contribution in [0.1, 0.15) is 39.0 Å². The predicted octanol–water partition coefficient (Wildman–Crippen LogP) is 5.00. The molecule has 0 spiro atoms. The topological polar surface area (TPSA) is 72.9 Å². The van der Waals surface area contributed by atoms with E-state index in [0.29, 0.717) is 34.6 Å². The van der Waals surface area contributed by atoms with Crippen LogP contribution in [-0.4, -0.2) is 17.4 Å². The number of fused-ring (bicyclic) bond motifs is 2. The molecule has 2 aromatic carbocycles. The summed E-state index contributed by atoms with van der Waals surface area (Å²) in [4.78, 5) is 28.6. The Balaban J connectivity index is 1.67. The predicted molar refractivity (Wildman–Crippen MR) is 120 cm³/mol. The van der Waals surface area contributed by atoms with Gasteiger partial charge in [0.2, 0.25) is 5.76 Å². The number of hydrogen-bond donors (Lipinski definition) is 0. The molecule has 160 valence electrons. The lowest BCUT2D eigenvalue weighted by Gasteiger charge is -2.24. The lowest BCUT2D eigenvalue weighted by molar-refractivity contribution is 0.0701. The molecule has 3 heterocycles. The highest BCUT2D eigenvalue weighted by molar-refractivity contribution is 5.99. The van der Waals surface area contributed by atoms with Crippen molar-refractivity contribution in [1.29, 1.82) is 0 Å². The molecule has 32 heavy (non-hydrogen) atoms. The van der Waals surface area contributed by atoms with E-state index < -0.39 is 6.04 Å². The van der Waals surface area contributed by atoms with Crippen LogP contribution in [0.15, 0.2) is 87.1 Å². The van der Waals surface area contributed by atoms with Crippen molar-refractivity contribution in [3.8, 4) is 5.75 Å². The van der Waals surface area contributed by atoms with Gasteiger partial charge in [0, 0.05) is 0 Å². The summed E-state index contributed by atoms with van der Waals surface area (Å²) >= 11 is 0. The number of carbonyl (C=O) groups excluding carboxylic acids is 1. The maximum atomic E-state index is 13.6. The highest BCUT2D eigenvalue weighted by Crippen LogP contribution is 2.39. The summed E-state index contributed by atoms with van der Waals surface area (Å²) in [6.07, 6.45) is 3.23. The van der Waals surface area contributed by atoms with Crippen LogP contribution in [-0.2, 0) is 6.54 Å². The standard InChI is InChI=1S/C26H21NO5/c1-3-12-30-18-9-7-17(8-10-18)23-22-24(28)20-14-16(2)6-11-21(20)32-25(22)26(29)27(23)15-19-5-4-13-31-19/h3-11,13-14,23H,1,12,15H2,2H3/t23-/m1/s1. The fraction of sp³-hybridized carbons (Fsp3) is 0.154. The second kappa shape index (κ2) is 7.89. The average Bonchev–Trinajstić information content (AvgIpc) is 3.41. The molecule has 1 aliphatic heterocycles. The monoisotopic (exact) mass is 427 g/mol. The zero-order valence-corrected chi connectivity index (χ0v) is 17.5. The normalized spacial score (nSPS) is 15.2. The van der Waals surface area contributed by atoms with Crippen molar-refractivity contribution in [2.45, 2.75) is 19.5 Å². The molecule has 6 heteroatoms. The van der Waals surface area contributed by atoms with E-state index in [4.69, 9.17) is 13.6 Å². The van der Waals surface area contributed by atoms with E-state index >= 15 is 0 Å². The summed E-state index contributed by atoms with van der Waals surface area (Å²) < 4.78 is 17.0. The van der Waals surface area contributed by atoms with E-state index in [1.807, 2.05) is 37.3 Å². The maximum absolute atomic E-state index is 13.6. The Morgan fingerprint density at radius 3 is 2.66 bits per heavy atom. The third-order valence-corrected chi connectivity index (χ3v) is 5.59. The SMILES string of the molecule is C=CCOc1ccc([C@@H]2c3c(oc4ccc(C)cc4c3=O)C(=O)N2Cc2ccco2)cc1. The van der Waals surface area contributed by atoms with Gasteiger partial charge in [0.05, 0.1) is 29.8 Å². The van der Waals surface area contributed by atoms with Crippen molar-refractivity contribution < 1.29 is 18.4 Å². The molecule has 1 aliphatic rings. The van der Waals surface area contributed by atoms with Gasteiger partial charge in [-0.05, 0) is 48.9 Å². The molecular formula is C26H21NO5. The van der Waals surface area contributed by atoms with Crippen molar-refractivity contribution in [3.05, 3.63) is 112 Å². The number of ether oxygens (including phenoxy) is 1. The first-order valence-electron chi connectivity index (χ1n) is 10.3. The van der Waals surface area contributed by atoms with Crippen LogP contribution in [0.3, 0.4) is 0 Å². The third-order valence-electron chi connectivity index (χ3n) is 5.59. The molecule has 0 N–H and O–H groups in total. The molecule has 1 amide bonds. The summed E-state index contributed by atoms with van der Waals surface area (Å²) in [6.45, 7) is 6.17. The fourth-order valence-electron chi connectivity index (χ4n) is 4.12. The first-order chi connectivity index (χ1) is 15.6. The van der Waals surface area contributed by atoms with Gasteiger partial charge in [-0.3, -0.25) is 9.59 Å². The van der Waals surface area contributed by atoms with Gasteiger partial charge >= 0.3 is 0 Å². The lowest BCUT2D eigenvalue weighted by Crippen LogP contribution is -2.29.